The van der Waals surface area contributed by atoms with Crippen LogP contribution in [0.3, 0.4) is 0 Å². The van der Waals surface area contributed by atoms with Crippen LogP contribution in [0.5, 0.6) is 5.75 Å². The van der Waals surface area contributed by atoms with Crippen molar-refractivity contribution in [3.8, 4) is 5.75 Å². The summed E-state index contributed by atoms with van der Waals surface area (Å²) in [5, 5.41) is 5.29. The van der Waals surface area contributed by atoms with Crippen molar-refractivity contribution in [1.29, 1.82) is 0 Å². The number of hydrogen-bond acceptors (Lipinski definition) is 5. The summed E-state index contributed by atoms with van der Waals surface area (Å²) in [6, 6.07) is 16.4. The van der Waals surface area contributed by atoms with E-state index >= 15 is 0 Å². The average Bonchev–Trinajstić information content (AvgIpc) is 2.74. The van der Waals surface area contributed by atoms with Crippen molar-refractivity contribution in [2.45, 2.75) is 25.2 Å². The Labute approximate surface area is 180 Å². The fraction of sp³-hybridized carbons (Fsp3) is 0.304. The molecule has 6 nitrogen and oxygen atoms in total. The van der Waals surface area contributed by atoms with Crippen LogP contribution in [0.25, 0.3) is 0 Å². The number of benzene rings is 2. The summed E-state index contributed by atoms with van der Waals surface area (Å²) in [7, 11) is 1.57. The predicted octanol–water partition coefficient (Wildman–Crippen LogP) is 2.69. The maximum Gasteiger partial charge on any atom is 0.243 e. The molecule has 0 unspecified atom stereocenters. The number of amides is 2. The van der Waals surface area contributed by atoms with Gasteiger partial charge in [0.15, 0.2) is 5.11 Å². The van der Waals surface area contributed by atoms with Gasteiger partial charge in [-0.15, -0.1) is 0 Å². The Kier molecular flexibility index (Phi) is 5.15. The highest BCUT2D eigenvalue weighted by Crippen LogP contribution is 2.57. The molecule has 3 atom stereocenters. The molecule has 4 rings (SSSR count). The highest BCUT2D eigenvalue weighted by atomic mass is 32.1. The maximum absolute atomic E-state index is 13.5. The molecule has 154 valence electrons. The Morgan fingerprint density at radius 2 is 1.53 bits per heavy atom. The molecule has 2 aromatic rings. The molecule has 1 aliphatic carbocycles. The number of thiocarbonyl (C=S) groups is 1. The lowest BCUT2D eigenvalue weighted by Gasteiger charge is -2.50. The van der Waals surface area contributed by atoms with Gasteiger partial charge in [0.05, 0.1) is 7.11 Å². The molecule has 2 aromatic carbocycles. The van der Waals surface area contributed by atoms with E-state index in [-0.39, 0.29) is 17.3 Å². The number of carbonyl (C=O) groups excluding carboxylic acids is 3. The zero-order valence-electron chi connectivity index (χ0n) is 16.7. The molecule has 0 radical (unpaired) electrons. The summed E-state index contributed by atoms with van der Waals surface area (Å²) in [6.45, 7) is 1.79. The minimum atomic E-state index is -1.51. The molecule has 2 fully saturated rings. The van der Waals surface area contributed by atoms with Crippen LogP contribution in [0.1, 0.15) is 36.3 Å². The van der Waals surface area contributed by atoms with Gasteiger partial charge >= 0.3 is 0 Å². The van der Waals surface area contributed by atoms with Gasteiger partial charge in [0, 0.05) is 24.2 Å². The monoisotopic (exact) mass is 422 g/mol. The fourth-order valence-electron chi connectivity index (χ4n) is 4.92. The van der Waals surface area contributed by atoms with Gasteiger partial charge in [-0.3, -0.25) is 14.4 Å². The molecule has 1 saturated heterocycles. The third-order valence-electron chi connectivity index (χ3n) is 6.34. The standard InChI is InChI=1S/C23H22N2O4S/c1-13-18(26)12-17(14-8-10-16(29-2)11-9-14)23(19(13)15-6-4-3-5-7-15)20(27)24-22(30)25-21(23)28/h3-11,13,17,19H,12H2,1-2H3,(H2,24,25,27,28,30)/t13-,17+,19-/m0/s1. The minimum Gasteiger partial charge on any atom is -0.497 e. The number of hydrogen-bond donors (Lipinski definition) is 2. The molecule has 0 bridgehead atoms. The molecule has 2 aliphatic rings. The highest BCUT2D eigenvalue weighted by molar-refractivity contribution is 7.80. The molecule has 7 heteroatoms. The maximum atomic E-state index is 13.5. The third-order valence-corrected chi connectivity index (χ3v) is 6.54. The number of carbonyl (C=O) groups is 3. The average molecular weight is 423 g/mol. The number of ether oxygens (including phenoxy) is 1. The second kappa shape index (κ2) is 7.65. The molecule has 1 aliphatic heterocycles. The highest BCUT2D eigenvalue weighted by Gasteiger charge is 2.64. The number of ketones is 1. The summed E-state index contributed by atoms with van der Waals surface area (Å²) in [5.74, 6) is -2.04. The second-order valence-corrected chi connectivity index (χ2v) is 8.19. The molecule has 1 saturated carbocycles. The molecule has 30 heavy (non-hydrogen) atoms. The van der Waals surface area contributed by atoms with Crippen molar-refractivity contribution in [2.24, 2.45) is 11.3 Å². The lowest BCUT2D eigenvalue weighted by Crippen LogP contribution is -2.68. The number of nitrogens with one attached hydrogen (secondary N) is 2. The van der Waals surface area contributed by atoms with E-state index < -0.39 is 35.0 Å². The summed E-state index contributed by atoms with van der Waals surface area (Å²) in [4.78, 5) is 40.2. The van der Waals surface area contributed by atoms with Crippen LogP contribution in [0.2, 0.25) is 0 Å². The van der Waals surface area contributed by atoms with Gasteiger partial charge in [-0.2, -0.15) is 0 Å². The zero-order chi connectivity index (χ0) is 21.5. The lowest BCUT2D eigenvalue weighted by atomic mass is 9.51. The van der Waals surface area contributed by atoms with Crippen molar-refractivity contribution < 1.29 is 19.1 Å². The van der Waals surface area contributed by atoms with Gasteiger partial charge in [-0.1, -0.05) is 49.4 Å². The smallest absolute Gasteiger partial charge is 0.243 e. The van der Waals surface area contributed by atoms with E-state index in [1.807, 2.05) is 42.5 Å². The van der Waals surface area contributed by atoms with E-state index in [9.17, 15) is 14.4 Å². The van der Waals surface area contributed by atoms with Crippen LogP contribution >= 0.6 is 12.2 Å². The summed E-state index contributed by atoms with van der Waals surface area (Å²) in [5.41, 5.74) is -0.00393. The van der Waals surface area contributed by atoms with Gasteiger partial charge in [0.2, 0.25) is 11.8 Å². The molecule has 1 heterocycles. The zero-order valence-corrected chi connectivity index (χ0v) is 17.5. The molecule has 1 spiro atoms. The van der Waals surface area contributed by atoms with Crippen LogP contribution in [0.4, 0.5) is 0 Å². The van der Waals surface area contributed by atoms with Crippen LogP contribution in [0.15, 0.2) is 54.6 Å². The largest absolute Gasteiger partial charge is 0.497 e. The summed E-state index contributed by atoms with van der Waals surface area (Å²) < 4.78 is 5.24. The Morgan fingerprint density at radius 1 is 0.933 bits per heavy atom. The quantitative estimate of drug-likeness (QED) is 0.587. The van der Waals surface area contributed by atoms with E-state index in [0.29, 0.717) is 5.75 Å². The van der Waals surface area contributed by atoms with Crippen LogP contribution in [-0.4, -0.2) is 29.8 Å². The Balaban J connectivity index is 1.96. The van der Waals surface area contributed by atoms with Crippen molar-refractivity contribution in [1.82, 2.24) is 10.6 Å². The first-order valence-corrected chi connectivity index (χ1v) is 10.2. The van der Waals surface area contributed by atoms with Gasteiger partial charge in [-0.05, 0) is 35.5 Å². The Morgan fingerprint density at radius 3 is 2.10 bits per heavy atom. The number of Topliss-reactive ketones (excluding diaryl/α,β-unsaturated/α-hetero) is 1. The first-order chi connectivity index (χ1) is 14.4. The SMILES string of the molecule is COc1ccc([C@H]2CC(=O)[C@H](C)[C@@H](c3ccccc3)C23C(=O)NC(=S)NC3=O)cc1. The van der Waals surface area contributed by atoms with E-state index in [4.69, 9.17) is 17.0 Å². The second-order valence-electron chi connectivity index (χ2n) is 7.78. The fourth-order valence-corrected chi connectivity index (χ4v) is 5.11. The van der Waals surface area contributed by atoms with Crippen LogP contribution < -0.4 is 15.4 Å². The first kappa shape index (κ1) is 20.2. The Bertz CT molecular complexity index is 999. The number of methoxy groups -OCH3 is 1. The molecular formula is C23H22N2O4S. The van der Waals surface area contributed by atoms with Gasteiger partial charge < -0.3 is 15.4 Å². The summed E-state index contributed by atoms with van der Waals surface area (Å²) in [6.07, 6.45) is 0.0877. The molecule has 2 amide bonds. The van der Waals surface area contributed by atoms with E-state index in [0.717, 1.165) is 11.1 Å². The molecule has 0 aromatic heterocycles. The normalized spacial score (nSPS) is 25.6. The third kappa shape index (κ3) is 3.01. The molecular weight excluding hydrogens is 400 g/mol. The Hall–Kier alpha value is -3.06. The van der Waals surface area contributed by atoms with Crippen molar-refractivity contribution in [3.05, 3.63) is 65.7 Å². The van der Waals surface area contributed by atoms with E-state index in [2.05, 4.69) is 10.6 Å². The predicted molar refractivity (Wildman–Crippen MR) is 115 cm³/mol. The van der Waals surface area contributed by atoms with E-state index in [1.165, 1.54) is 0 Å². The van der Waals surface area contributed by atoms with Crippen molar-refractivity contribution in [2.75, 3.05) is 7.11 Å². The van der Waals surface area contributed by atoms with Crippen LogP contribution in [-0.2, 0) is 14.4 Å². The number of rotatable bonds is 3. The first-order valence-electron chi connectivity index (χ1n) is 9.78. The van der Waals surface area contributed by atoms with Gasteiger partial charge in [0.25, 0.3) is 0 Å². The van der Waals surface area contributed by atoms with Gasteiger partial charge in [-0.25, -0.2) is 0 Å². The topological polar surface area (TPSA) is 84.5 Å². The van der Waals surface area contributed by atoms with Gasteiger partial charge in [0.1, 0.15) is 16.9 Å². The van der Waals surface area contributed by atoms with E-state index in [1.54, 1.807) is 26.2 Å². The van der Waals surface area contributed by atoms with Crippen molar-refractivity contribution in [3.63, 3.8) is 0 Å². The van der Waals surface area contributed by atoms with Crippen molar-refractivity contribution >= 4 is 34.9 Å². The minimum absolute atomic E-state index is 0.0135. The lowest BCUT2D eigenvalue weighted by molar-refractivity contribution is -0.153. The molecule has 2 N–H and O–H groups in total. The van der Waals surface area contributed by atoms with Crippen LogP contribution in [0, 0.1) is 11.3 Å². The summed E-state index contributed by atoms with van der Waals surface area (Å²) >= 11 is 5.06.